The van der Waals surface area contributed by atoms with Crippen molar-refractivity contribution in [1.82, 2.24) is 15.1 Å². The van der Waals surface area contributed by atoms with E-state index >= 15 is 0 Å². The maximum atomic E-state index is 13.0. The molecule has 29 heavy (non-hydrogen) atoms. The highest BCUT2D eigenvalue weighted by Crippen LogP contribution is 2.30. The second-order valence-corrected chi connectivity index (χ2v) is 9.02. The van der Waals surface area contributed by atoms with Gasteiger partial charge in [0.05, 0.1) is 5.25 Å². The van der Waals surface area contributed by atoms with Gasteiger partial charge in [-0.25, -0.2) is 0 Å². The molecule has 2 heterocycles. The number of benzene rings is 1. The van der Waals surface area contributed by atoms with E-state index in [4.69, 9.17) is 4.42 Å². The van der Waals surface area contributed by atoms with Crippen molar-refractivity contribution in [3.8, 4) is 11.5 Å². The fourth-order valence-corrected chi connectivity index (χ4v) is 4.78. The van der Waals surface area contributed by atoms with Gasteiger partial charge in [-0.1, -0.05) is 11.8 Å². The number of carbonyl (C=O) groups is 1. The van der Waals surface area contributed by atoms with Crippen LogP contribution in [0.4, 0.5) is 5.69 Å². The quantitative estimate of drug-likeness (QED) is 0.601. The Morgan fingerprint density at radius 2 is 1.79 bits per heavy atom. The summed E-state index contributed by atoms with van der Waals surface area (Å²) in [5, 5.41) is 8.52. The van der Waals surface area contributed by atoms with E-state index < -0.39 is 0 Å². The average Bonchev–Trinajstić information content (AvgIpc) is 3.17. The molecule has 0 bridgehead atoms. The summed E-state index contributed by atoms with van der Waals surface area (Å²) in [4.78, 5) is 17.3. The van der Waals surface area contributed by atoms with Crippen LogP contribution in [0.3, 0.4) is 0 Å². The van der Waals surface area contributed by atoms with Crippen LogP contribution in [0.15, 0.2) is 33.9 Å². The van der Waals surface area contributed by atoms with Crippen LogP contribution in [-0.2, 0) is 4.79 Å². The molecule has 3 atom stereocenters. The number of rotatable bonds is 7. The molecule has 1 amide bonds. The monoisotopic (exact) mass is 416 g/mol. The molecule has 3 rings (SSSR count). The first-order valence-corrected chi connectivity index (χ1v) is 11.5. The molecular weight excluding hydrogens is 384 g/mol. The van der Waals surface area contributed by atoms with Crippen LogP contribution in [0.1, 0.15) is 53.9 Å². The number of aromatic nitrogens is 2. The minimum absolute atomic E-state index is 0.151. The molecule has 0 saturated carbocycles. The first-order chi connectivity index (χ1) is 13.9. The van der Waals surface area contributed by atoms with Crippen molar-refractivity contribution in [1.29, 1.82) is 0 Å². The van der Waals surface area contributed by atoms with Gasteiger partial charge in [-0.2, -0.15) is 0 Å². The second kappa shape index (κ2) is 9.65. The number of carbonyl (C=O) groups excluding carboxylic acids is 1. The SMILES string of the molecule is CCN(CC)c1ccc(-c2nnc(S[C@H](C)C(=O)N3[C@H](C)CCC[C@@H]3C)o2)cc1. The third-order valence-electron chi connectivity index (χ3n) is 5.72. The smallest absolute Gasteiger partial charge is 0.277 e. The largest absolute Gasteiger partial charge is 0.411 e. The lowest BCUT2D eigenvalue weighted by Gasteiger charge is -2.40. The molecule has 6 nitrogen and oxygen atoms in total. The number of thioether (sulfide) groups is 1. The molecule has 0 radical (unpaired) electrons. The number of anilines is 1. The maximum Gasteiger partial charge on any atom is 0.277 e. The van der Waals surface area contributed by atoms with E-state index in [-0.39, 0.29) is 23.2 Å². The summed E-state index contributed by atoms with van der Waals surface area (Å²) in [5.41, 5.74) is 2.06. The van der Waals surface area contributed by atoms with Crippen molar-refractivity contribution < 1.29 is 9.21 Å². The molecule has 1 aliphatic heterocycles. The van der Waals surface area contributed by atoms with Crippen molar-refractivity contribution in [2.24, 2.45) is 0 Å². The normalized spacial score (nSPS) is 20.5. The zero-order chi connectivity index (χ0) is 21.0. The van der Waals surface area contributed by atoms with Gasteiger partial charge in [-0.05, 0) is 78.1 Å². The summed E-state index contributed by atoms with van der Waals surface area (Å²) in [6.45, 7) is 12.4. The molecule has 1 aromatic heterocycles. The number of hydrogen-bond acceptors (Lipinski definition) is 6. The molecule has 1 aromatic carbocycles. The zero-order valence-corrected chi connectivity index (χ0v) is 18.9. The number of likely N-dealkylation sites (tertiary alicyclic amines) is 1. The van der Waals surface area contributed by atoms with E-state index in [1.807, 2.05) is 24.0 Å². The molecule has 7 heteroatoms. The van der Waals surface area contributed by atoms with Gasteiger partial charge in [0.2, 0.25) is 11.8 Å². The third kappa shape index (κ3) is 4.94. The summed E-state index contributed by atoms with van der Waals surface area (Å²) in [6.07, 6.45) is 3.33. The van der Waals surface area contributed by atoms with Gasteiger partial charge in [0.1, 0.15) is 0 Å². The lowest BCUT2D eigenvalue weighted by Crippen LogP contribution is -2.50. The maximum absolute atomic E-state index is 13.0. The van der Waals surface area contributed by atoms with Crippen LogP contribution in [0, 0.1) is 0 Å². The molecule has 0 N–H and O–H groups in total. The van der Waals surface area contributed by atoms with Crippen molar-refractivity contribution >= 4 is 23.4 Å². The van der Waals surface area contributed by atoms with E-state index in [1.165, 1.54) is 23.9 Å². The Kier molecular flexibility index (Phi) is 7.22. The summed E-state index contributed by atoms with van der Waals surface area (Å²) in [6, 6.07) is 8.73. The number of hydrogen-bond donors (Lipinski definition) is 0. The van der Waals surface area contributed by atoms with Crippen molar-refractivity contribution in [2.45, 2.75) is 76.4 Å². The lowest BCUT2D eigenvalue weighted by molar-refractivity contribution is -0.136. The Hall–Kier alpha value is -2.02. The van der Waals surface area contributed by atoms with Gasteiger partial charge in [0.25, 0.3) is 5.22 Å². The van der Waals surface area contributed by atoms with Gasteiger partial charge < -0.3 is 14.2 Å². The van der Waals surface area contributed by atoms with Crippen LogP contribution in [0.5, 0.6) is 0 Å². The lowest BCUT2D eigenvalue weighted by atomic mass is 9.97. The molecule has 158 valence electrons. The van der Waals surface area contributed by atoms with Crippen molar-refractivity contribution in [3.63, 3.8) is 0 Å². The first kappa shape index (κ1) is 21.7. The third-order valence-corrected chi connectivity index (χ3v) is 6.64. The van der Waals surface area contributed by atoms with Crippen LogP contribution < -0.4 is 4.90 Å². The van der Waals surface area contributed by atoms with E-state index in [9.17, 15) is 4.79 Å². The second-order valence-electron chi connectivity index (χ2n) is 7.73. The highest BCUT2D eigenvalue weighted by Gasteiger charge is 2.32. The first-order valence-electron chi connectivity index (χ1n) is 10.6. The van der Waals surface area contributed by atoms with E-state index in [2.05, 4.69) is 54.9 Å². The minimum atomic E-state index is -0.253. The van der Waals surface area contributed by atoms with Crippen LogP contribution in [-0.4, -0.2) is 51.4 Å². The van der Waals surface area contributed by atoms with Crippen LogP contribution in [0.25, 0.3) is 11.5 Å². The zero-order valence-electron chi connectivity index (χ0n) is 18.1. The van der Waals surface area contributed by atoms with E-state index in [0.717, 1.165) is 31.5 Å². The van der Waals surface area contributed by atoms with Crippen LogP contribution >= 0.6 is 11.8 Å². The Bertz CT molecular complexity index is 793. The minimum Gasteiger partial charge on any atom is -0.411 e. The Balaban J connectivity index is 1.66. The van der Waals surface area contributed by atoms with Gasteiger partial charge in [-0.15, -0.1) is 10.2 Å². The fourth-order valence-electron chi connectivity index (χ4n) is 4.04. The Morgan fingerprint density at radius 1 is 1.17 bits per heavy atom. The van der Waals surface area contributed by atoms with Gasteiger partial charge in [0, 0.05) is 36.4 Å². The molecule has 0 unspecified atom stereocenters. The highest BCUT2D eigenvalue weighted by molar-refractivity contribution is 8.00. The molecule has 0 spiro atoms. The van der Waals surface area contributed by atoms with E-state index in [1.54, 1.807) is 0 Å². The number of nitrogens with zero attached hydrogens (tertiary/aromatic N) is 4. The molecule has 0 aliphatic carbocycles. The molecule has 1 aliphatic rings. The van der Waals surface area contributed by atoms with Gasteiger partial charge in [0.15, 0.2) is 0 Å². The van der Waals surface area contributed by atoms with E-state index in [0.29, 0.717) is 11.1 Å². The summed E-state index contributed by atoms with van der Waals surface area (Å²) in [7, 11) is 0. The Labute approximate surface area is 178 Å². The summed E-state index contributed by atoms with van der Waals surface area (Å²) in [5.74, 6) is 0.635. The van der Waals surface area contributed by atoms with Gasteiger partial charge >= 0.3 is 0 Å². The van der Waals surface area contributed by atoms with Gasteiger partial charge in [-0.3, -0.25) is 4.79 Å². The number of amides is 1. The van der Waals surface area contributed by atoms with Crippen molar-refractivity contribution in [3.05, 3.63) is 24.3 Å². The average molecular weight is 417 g/mol. The summed E-state index contributed by atoms with van der Waals surface area (Å²) >= 11 is 1.34. The highest BCUT2D eigenvalue weighted by atomic mass is 32.2. The summed E-state index contributed by atoms with van der Waals surface area (Å²) < 4.78 is 5.84. The molecular formula is C22H32N4O2S. The molecule has 2 aromatic rings. The Morgan fingerprint density at radius 3 is 2.38 bits per heavy atom. The molecule has 1 fully saturated rings. The predicted octanol–water partition coefficient (Wildman–Crippen LogP) is 4.85. The molecule has 1 saturated heterocycles. The standard InChI is InChI=1S/C22H32N4O2S/c1-6-25(7-2)19-13-11-18(12-14-19)20-23-24-22(28-20)29-17(5)21(27)26-15(3)9-8-10-16(26)4/h11-17H,6-10H2,1-5H3/t15-,16+,17-/m1/s1. The van der Waals surface area contributed by atoms with Crippen LogP contribution in [0.2, 0.25) is 0 Å². The fraction of sp³-hybridized carbons (Fsp3) is 0.591. The van der Waals surface area contributed by atoms with Crippen molar-refractivity contribution in [2.75, 3.05) is 18.0 Å². The topological polar surface area (TPSA) is 62.5 Å². The number of piperidine rings is 1. The predicted molar refractivity (Wildman–Crippen MR) is 118 cm³/mol.